The number of nitrogens with zero attached hydrogens (tertiary/aromatic N) is 3. The summed E-state index contributed by atoms with van der Waals surface area (Å²) in [6.07, 6.45) is 5.93. The summed E-state index contributed by atoms with van der Waals surface area (Å²) in [5.41, 5.74) is 0. The third-order valence-electron chi connectivity index (χ3n) is 1.50. The lowest BCUT2D eigenvalue weighted by Gasteiger charge is -2.20. The Morgan fingerprint density at radius 2 is 2.21 bits per heavy atom. The van der Waals surface area contributed by atoms with Crippen molar-refractivity contribution in [3.63, 3.8) is 0 Å². The lowest BCUT2D eigenvalue weighted by molar-refractivity contribution is 0.408. The minimum absolute atomic E-state index is 0.879. The Balaban J connectivity index is 2.72. The third-order valence-corrected chi connectivity index (χ3v) is 2.37. The van der Waals surface area contributed by atoms with Crippen LogP contribution in [0.5, 0.6) is 0 Å². The summed E-state index contributed by atoms with van der Waals surface area (Å²) in [7, 11) is -1.50. The second kappa shape index (κ2) is 4.41. The molecular formula is C9H17N3OSi. The van der Waals surface area contributed by atoms with E-state index in [0.717, 1.165) is 12.2 Å². The van der Waals surface area contributed by atoms with Crippen molar-refractivity contribution in [3.05, 3.63) is 18.4 Å². The van der Waals surface area contributed by atoms with Crippen LogP contribution in [0.3, 0.4) is 0 Å². The standard InChI is InChI=1S/C9H17N3OSi/c1-5-9(13-14(2,3)4)6-12-8-10-7-11-12/h6-8H,5H2,1-4H3/b9-6-. The maximum Gasteiger partial charge on any atom is 0.241 e. The molecule has 1 rings (SSSR count). The molecule has 78 valence electrons. The molecule has 0 unspecified atom stereocenters. The van der Waals surface area contributed by atoms with E-state index in [2.05, 4.69) is 36.6 Å². The molecule has 4 nitrogen and oxygen atoms in total. The second-order valence-electron chi connectivity index (χ2n) is 4.04. The van der Waals surface area contributed by atoms with E-state index in [-0.39, 0.29) is 0 Å². The fraction of sp³-hybridized carbons (Fsp3) is 0.556. The quantitative estimate of drug-likeness (QED) is 0.567. The van der Waals surface area contributed by atoms with Gasteiger partial charge in [0.05, 0.1) is 12.0 Å². The summed E-state index contributed by atoms with van der Waals surface area (Å²) in [4.78, 5) is 3.87. The van der Waals surface area contributed by atoms with E-state index in [1.807, 2.05) is 6.20 Å². The first-order valence-electron chi connectivity index (χ1n) is 4.75. The molecule has 0 aliphatic heterocycles. The van der Waals surface area contributed by atoms with Crippen LogP contribution in [0, 0.1) is 0 Å². The molecular weight excluding hydrogens is 194 g/mol. The molecule has 0 aromatic carbocycles. The Kier molecular flexibility index (Phi) is 3.46. The Hall–Kier alpha value is -1.10. The van der Waals surface area contributed by atoms with Gasteiger partial charge in [0.1, 0.15) is 12.7 Å². The van der Waals surface area contributed by atoms with Gasteiger partial charge < -0.3 is 4.43 Å². The van der Waals surface area contributed by atoms with Gasteiger partial charge in [-0.25, -0.2) is 9.67 Å². The average Bonchev–Trinajstić information content (AvgIpc) is 2.53. The highest BCUT2D eigenvalue weighted by Gasteiger charge is 2.16. The summed E-state index contributed by atoms with van der Waals surface area (Å²) in [5.74, 6) is 0.967. The molecule has 14 heavy (non-hydrogen) atoms. The maximum absolute atomic E-state index is 5.87. The lowest BCUT2D eigenvalue weighted by atomic mass is 10.4. The molecule has 0 atom stereocenters. The molecule has 1 aromatic rings. The SMILES string of the molecule is CC/C(=C/n1cncn1)O[Si](C)(C)C. The number of hydrogen-bond acceptors (Lipinski definition) is 3. The van der Waals surface area contributed by atoms with Gasteiger partial charge in [-0.3, -0.25) is 0 Å². The molecule has 0 aliphatic carbocycles. The molecule has 1 aromatic heterocycles. The normalized spacial score (nSPS) is 13.0. The first-order chi connectivity index (χ1) is 6.51. The summed E-state index contributed by atoms with van der Waals surface area (Å²) in [6, 6.07) is 0. The van der Waals surface area contributed by atoms with E-state index < -0.39 is 8.32 Å². The molecule has 0 saturated carbocycles. The van der Waals surface area contributed by atoms with Crippen LogP contribution in [0.2, 0.25) is 19.6 Å². The van der Waals surface area contributed by atoms with Crippen molar-refractivity contribution in [2.24, 2.45) is 0 Å². The fourth-order valence-corrected chi connectivity index (χ4v) is 2.00. The van der Waals surface area contributed by atoms with Crippen LogP contribution >= 0.6 is 0 Å². The van der Waals surface area contributed by atoms with Gasteiger partial charge in [-0.15, -0.1) is 0 Å². The van der Waals surface area contributed by atoms with Crippen molar-refractivity contribution in [2.45, 2.75) is 33.0 Å². The summed E-state index contributed by atoms with van der Waals surface area (Å²) in [6.45, 7) is 8.57. The number of allylic oxidation sites excluding steroid dienone is 1. The Labute approximate surface area is 85.7 Å². The Bertz CT molecular complexity index is 300. The first kappa shape index (κ1) is 11.0. The van der Waals surface area contributed by atoms with E-state index in [9.17, 15) is 0 Å². The van der Waals surface area contributed by atoms with Crippen LogP contribution in [0.1, 0.15) is 13.3 Å². The van der Waals surface area contributed by atoms with Crippen LogP contribution < -0.4 is 0 Å². The molecule has 0 aliphatic rings. The maximum atomic E-state index is 5.87. The highest BCUT2D eigenvalue weighted by Crippen LogP contribution is 2.13. The van der Waals surface area contributed by atoms with E-state index in [4.69, 9.17) is 4.43 Å². The zero-order valence-electron chi connectivity index (χ0n) is 9.19. The van der Waals surface area contributed by atoms with Crippen molar-refractivity contribution in [1.29, 1.82) is 0 Å². The molecule has 1 heterocycles. The summed E-state index contributed by atoms with van der Waals surface area (Å²) in [5, 5.41) is 4.00. The van der Waals surface area contributed by atoms with Crippen molar-refractivity contribution in [2.75, 3.05) is 0 Å². The highest BCUT2D eigenvalue weighted by atomic mass is 28.4. The van der Waals surface area contributed by atoms with Gasteiger partial charge in [-0.1, -0.05) is 6.92 Å². The molecule has 0 bridgehead atoms. The molecule has 5 heteroatoms. The molecule has 0 saturated heterocycles. The monoisotopic (exact) mass is 211 g/mol. The molecule has 0 fully saturated rings. The van der Waals surface area contributed by atoms with E-state index in [1.54, 1.807) is 11.0 Å². The van der Waals surface area contributed by atoms with E-state index >= 15 is 0 Å². The van der Waals surface area contributed by atoms with E-state index in [0.29, 0.717) is 0 Å². The van der Waals surface area contributed by atoms with Gasteiger partial charge in [0.2, 0.25) is 8.32 Å². The predicted octanol–water partition coefficient (Wildman–Crippen LogP) is 2.34. The zero-order valence-corrected chi connectivity index (χ0v) is 10.2. The van der Waals surface area contributed by atoms with E-state index in [1.165, 1.54) is 6.33 Å². The summed E-state index contributed by atoms with van der Waals surface area (Å²) >= 11 is 0. The molecule has 0 amide bonds. The largest absolute Gasteiger partial charge is 0.546 e. The fourth-order valence-electron chi connectivity index (χ4n) is 1.01. The van der Waals surface area contributed by atoms with Gasteiger partial charge in [-0.05, 0) is 19.6 Å². The van der Waals surface area contributed by atoms with Crippen LogP contribution in [0.25, 0.3) is 6.20 Å². The molecule has 0 radical (unpaired) electrons. The predicted molar refractivity (Wildman–Crippen MR) is 59.0 cm³/mol. The smallest absolute Gasteiger partial charge is 0.241 e. The van der Waals surface area contributed by atoms with Crippen molar-refractivity contribution < 1.29 is 4.43 Å². The van der Waals surface area contributed by atoms with Crippen LogP contribution in [-0.2, 0) is 4.43 Å². The number of aromatic nitrogens is 3. The van der Waals surface area contributed by atoms with Crippen molar-refractivity contribution in [1.82, 2.24) is 14.8 Å². The number of hydrogen-bond donors (Lipinski definition) is 0. The van der Waals surface area contributed by atoms with Gasteiger partial charge in [0, 0.05) is 6.42 Å². The van der Waals surface area contributed by atoms with Crippen molar-refractivity contribution in [3.8, 4) is 0 Å². The van der Waals surface area contributed by atoms with Crippen LogP contribution in [-0.4, -0.2) is 23.1 Å². The lowest BCUT2D eigenvalue weighted by Crippen LogP contribution is -2.24. The van der Waals surface area contributed by atoms with Gasteiger partial charge in [-0.2, -0.15) is 5.10 Å². The van der Waals surface area contributed by atoms with Gasteiger partial charge in [0.15, 0.2) is 0 Å². The molecule has 0 N–H and O–H groups in total. The Morgan fingerprint density at radius 3 is 2.64 bits per heavy atom. The minimum atomic E-state index is -1.50. The molecule has 0 spiro atoms. The van der Waals surface area contributed by atoms with Gasteiger partial charge in [0.25, 0.3) is 0 Å². The Morgan fingerprint density at radius 1 is 1.50 bits per heavy atom. The van der Waals surface area contributed by atoms with Crippen molar-refractivity contribution >= 4 is 14.5 Å². The van der Waals surface area contributed by atoms with Crippen LogP contribution in [0.4, 0.5) is 0 Å². The number of rotatable bonds is 4. The highest BCUT2D eigenvalue weighted by molar-refractivity contribution is 6.70. The van der Waals surface area contributed by atoms with Crippen LogP contribution in [0.15, 0.2) is 18.4 Å². The summed E-state index contributed by atoms with van der Waals surface area (Å²) < 4.78 is 7.54. The first-order valence-corrected chi connectivity index (χ1v) is 8.16. The second-order valence-corrected chi connectivity index (χ2v) is 8.47. The van der Waals surface area contributed by atoms with Gasteiger partial charge >= 0.3 is 0 Å². The third kappa shape index (κ3) is 3.74. The topological polar surface area (TPSA) is 39.9 Å². The minimum Gasteiger partial charge on any atom is -0.546 e. The average molecular weight is 211 g/mol. The zero-order chi connectivity index (χ0) is 10.6.